The molecule has 0 unspecified atom stereocenters. The summed E-state index contributed by atoms with van der Waals surface area (Å²) in [7, 11) is -3.60. The monoisotopic (exact) mass is 343 g/mol. The van der Waals surface area contributed by atoms with E-state index in [-0.39, 0.29) is 23.8 Å². The number of pyridine rings is 1. The molecule has 1 heterocycles. The van der Waals surface area contributed by atoms with Crippen LogP contribution in [0.2, 0.25) is 0 Å². The van der Waals surface area contributed by atoms with Gasteiger partial charge in [0.1, 0.15) is 0 Å². The summed E-state index contributed by atoms with van der Waals surface area (Å²) < 4.78 is 27.7. The van der Waals surface area contributed by atoms with Crippen LogP contribution in [-0.4, -0.2) is 25.5 Å². The van der Waals surface area contributed by atoms with Gasteiger partial charge in [-0.2, -0.15) is 0 Å². The van der Waals surface area contributed by atoms with Crippen LogP contribution >= 0.6 is 12.4 Å². The highest BCUT2D eigenvalue weighted by molar-refractivity contribution is 7.89. The molecule has 0 atom stereocenters. The Kier molecular flexibility index (Phi) is 6.31. The summed E-state index contributed by atoms with van der Waals surface area (Å²) in [4.78, 5) is 4.27. The van der Waals surface area contributed by atoms with Gasteiger partial charge in [0, 0.05) is 35.2 Å². The standard InChI is InChI=1S/C15H21N3O2S.ClH/c1-3-15(16,4-2)11-18-21(19,20)14-7-5-6-12-10-17-9-8-13(12)14;/h5-10,18H,3-4,11,16H2,1-2H3;1H. The number of fused-ring (bicyclic) bond motifs is 1. The van der Waals surface area contributed by atoms with Crippen molar-refractivity contribution in [1.29, 1.82) is 0 Å². The minimum Gasteiger partial charge on any atom is -0.324 e. The van der Waals surface area contributed by atoms with Crippen molar-refractivity contribution in [3.8, 4) is 0 Å². The van der Waals surface area contributed by atoms with Crippen LogP contribution in [0.5, 0.6) is 0 Å². The number of hydrogen-bond acceptors (Lipinski definition) is 4. The third-order valence-electron chi connectivity index (χ3n) is 3.95. The quantitative estimate of drug-likeness (QED) is 0.843. The van der Waals surface area contributed by atoms with E-state index < -0.39 is 15.6 Å². The second-order valence-electron chi connectivity index (χ2n) is 5.25. The van der Waals surface area contributed by atoms with Gasteiger partial charge >= 0.3 is 0 Å². The van der Waals surface area contributed by atoms with E-state index in [1.165, 1.54) is 0 Å². The number of hydrogen-bond donors (Lipinski definition) is 2. The van der Waals surface area contributed by atoms with Crippen LogP contribution in [0.1, 0.15) is 26.7 Å². The van der Waals surface area contributed by atoms with Gasteiger partial charge in [-0.05, 0) is 25.0 Å². The zero-order chi connectivity index (χ0) is 15.5. The molecule has 0 aliphatic carbocycles. The van der Waals surface area contributed by atoms with Gasteiger partial charge in [-0.15, -0.1) is 12.4 Å². The van der Waals surface area contributed by atoms with Crippen LogP contribution in [0.4, 0.5) is 0 Å². The molecule has 0 saturated heterocycles. The van der Waals surface area contributed by atoms with Gasteiger partial charge < -0.3 is 5.73 Å². The molecule has 3 N–H and O–H groups in total. The number of halogens is 1. The Balaban J connectivity index is 0.00000242. The molecule has 0 bridgehead atoms. The third kappa shape index (κ3) is 3.95. The molecule has 5 nitrogen and oxygen atoms in total. The van der Waals surface area contributed by atoms with E-state index in [4.69, 9.17) is 5.73 Å². The topological polar surface area (TPSA) is 85.1 Å². The average Bonchev–Trinajstić information content (AvgIpc) is 2.52. The molecule has 0 fully saturated rings. The zero-order valence-corrected chi connectivity index (χ0v) is 14.4. The minimum absolute atomic E-state index is 0. The number of benzene rings is 1. The van der Waals surface area contributed by atoms with Gasteiger partial charge in [0.2, 0.25) is 10.0 Å². The van der Waals surface area contributed by atoms with Crippen molar-refractivity contribution in [2.75, 3.05) is 6.54 Å². The normalized spacial score (nSPS) is 12.1. The summed E-state index contributed by atoms with van der Waals surface area (Å²) in [6.07, 6.45) is 4.67. The second-order valence-corrected chi connectivity index (χ2v) is 6.98. The molecule has 1 aromatic carbocycles. The van der Waals surface area contributed by atoms with E-state index in [2.05, 4.69) is 9.71 Å². The molecule has 0 spiro atoms. The summed E-state index contributed by atoms with van der Waals surface area (Å²) in [5.74, 6) is 0. The predicted molar refractivity (Wildman–Crippen MR) is 91.7 cm³/mol. The minimum atomic E-state index is -3.60. The number of nitrogens with one attached hydrogen (secondary N) is 1. The van der Waals surface area contributed by atoms with Crippen molar-refractivity contribution < 1.29 is 8.42 Å². The Bertz CT molecular complexity index is 725. The number of nitrogens with two attached hydrogens (primary N) is 1. The van der Waals surface area contributed by atoms with Gasteiger partial charge in [-0.25, -0.2) is 13.1 Å². The fourth-order valence-corrected chi connectivity index (χ4v) is 3.51. The molecule has 22 heavy (non-hydrogen) atoms. The Morgan fingerprint density at radius 2 is 1.91 bits per heavy atom. The van der Waals surface area contributed by atoms with Crippen LogP contribution in [0.3, 0.4) is 0 Å². The number of aromatic nitrogens is 1. The first-order valence-electron chi connectivity index (χ1n) is 7.03. The first kappa shape index (κ1) is 18.8. The highest BCUT2D eigenvalue weighted by atomic mass is 35.5. The second kappa shape index (κ2) is 7.37. The molecule has 2 aromatic rings. The maximum atomic E-state index is 12.5. The zero-order valence-electron chi connectivity index (χ0n) is 12.7. The summed E-state index contributed by atoms with van der Waals surface area (Å²) in [5, 5.41) is 1.46. The Labute approximate surface area is 137 Å². The highest BCUT2D eigenvalue weighted by Gasteiger charge is 2.24. The van der Waals surface area contributed by atoms with Gasteiger partial charge in [-0.1, -0.05) is 26.0 Å². The van der Waals surface area contributed by atoms with Crippen LogP contribution in [-0.2, 0) is 10.0 Å². The smallest absolute Gasteiger partial charge is 0.241 e. The Hall–Kier alpha value is -1.21. The summed E-state index contributed by atoms with van der Waals surface area (Å²) in [6.45, 7) is 4.15. The Morgan fingerprint density at radius 1 is 1.23 bits per heavy atom. The lowest BCUT2D eigenvalue weighted by molar-refractivity contribution is 0.392. The van der Waals surface area contributed by atoms with Crippen molar-refractivity contribution in [3.05, 3.63) is 36.7 Å². The van der Waals surface area contributed by atoms with Crippen molar-refractivity contribution >= 4 is 33.2 Å². The lowest BCUT2D eigenvalue weighted by Gasteiger charge is -2.26. The summed E-state index contributed by atoms with van der Waals surface area (Å²) >= 11 is 0. The van der Waals surface area contributed by atoms with Gasteiger partial charge in [0.25, 0.3) is 0 Å². The fourth-order valence-electron chi connectivity index (χ4n) is 2.14. The van der Waals surface area contributed by atoms with Crippen molar-refractivity contribution in [2.45, 2.75) is 37.1 Å². The van der Waals surface area contributed by atoms with Crippen molar-refractivity contribution in [1.82, 2.24) is 9.71 Å². The SMILES string of the molecule is CCC(N)(CC)CNS(=O)(=O)c1cccc2cnccc12.Cl. The van der Waals surface area contributed by atoms with E-state index in [9.17, 15) is 8.42 Å². The molecule has 0 saturated carbocycles. The molecular formula is C15H22ClN3O2S. The number of sulfonamides is 1. The largest absolute Gasteiger partial charge is 0.324 e. The van der Waals surface area contributed by atoms with Crippen LogP contribution in [0.25, 0.3) is 10.8 Å². The van der Waals surface area contributed by atoms with Crippen molar-refractivity contribution in [2.24, 2.45) is 5.73 Å². The summed E-state index contributed by atoms with van der Waals surface area (Å²) in [6, 6.07) is 6.86. The van der Waals surface area contributed by atoms with Crippen LogP contribution < -0.4 is 10.5 Å². The van der Waals surface area contributed by atoms with Gasteiger partial charge in [-0.3, -0.25) is 4.98 Å². The molecule has 0 aliphatic heterocycles. The number of nitrogens with zero attached hydrogens (tertiary/aromatic N) is 1. The predicted octanol–water partition coefficient (Wildman–Crippen LogP) is 2.45. The number of rotatable bonds is 6. The molecule has 0 amide bonds. The summed E-state index contributed by atoms with van der Waals surface area (Å²) in [5.41, 5.74) is 5.64. The van der Waals surface area contributed by atoms with Crippen LogP contribution in [0, 0.1) is 0 Å². The van der Waals surface area contributed by atoms with E-state index in [1.54, 1.807) is 30.6 Å². The lowest BCUT2D eigenvalue weighted by Crippen LogP contribution is -2.49. The molecule has 7 heteroatoms. The van der Waals surface area contributed by atoms with E-state index in [0.717, 1.165) is 5.39 Å². The van der Waals surface area contributed by atoms with Crippen LogP contribution in [0.15, 0.2) is 41.6 Å². The first-order valence-corrected chi connectivity index (χ1v) is 8.51. The fraction of sp³-hybridized carbons (Fsp3) is 0.400. The average molecular weight is 344 g/mol. The molecule has 0 aliphatic rings. The van der Waals surface area contributed by atoms with Gasteiger partial charge in [0.15, 0.2) is 0 Å². The molecule has 1 aromatic heterocycles. The molecule has 122 valence electrons. The maximum Gasteiger partial charge on any atom is 0.241 e. The van der Waals surface area contributed by atoms with Crippen molar-refractivity contribution in [3.63, 3.8) is 0 Å². The first-order chi connectivity index (χ1) is 9.92. The van der Waals surface area contributed by atoms with E-state index >= 15 is 0 Å². The van der Waals surface area contributed by atoms with Gasteiger partial charge in [0.05, 0.1) is 4.90 Å². The Morgan fingerprint density at radius 3 is 2.55 bits per heavy atom. The molecular weight excluding hydrogens is 322 g/mol. The van der Waals surface area contributed by atoms with E-state index in [0.29, 0.717) is 18.2 Å². The highest BCUT2D eigenvalue weighted by Crippen LogP contribution is 2.22. The lowest BCUT2D eigenvalue weighted by atomic mass is 9.95. The maximum absolute atomic E-state index is 12.5. The third-order valence-corrected chi connectivity index (χ3v) is 5.41. The molecule has 0 radical (unpaired) electrons. The molecule has 2 rings (SSSR count). The van der Waals surface area contributed by atoms with E-state index in [1.807, 2.05) is 19.9 Å².